The van der Waals surface area contributed by atoms with E-state index in [1.54, 1.807) is 6.92 Å². The number of benzene rings is 1. The van der Waals surface area contributed by atoms with Crippen LogP contribution in [0.15, 0.2) is 22.7 Å². The summed E-state index contributed by atoms with van der Waals surface area (Å²) >= 11 is 3.48. The number of aliphatic hydroxyl groups excluding tert-OH is 2. The summed E-state index contributed by atoms with van der Waals surface area (Å²) in [6, 6.07) is 5.92. The van der Waals surface area contributed by atoms with Crippen LogP contribution in [0.5, 0.6) is 0 Å². The molecule has 2 atom stereocenters. The lowest BCUT2D eigenvalue weighted by atomic mass is 10.1. The van der Waals surface area contributed by atoms with E-state index in [4.69, 9.17) is 9.84 Å². The van der Waals surface area contributed by atoms with Gasteiger partial charge in [-0.3, -0.25) is 0 Å². The van der Waals surface area contributed by atoms with Crippen molar-refractivity contribution in [1.29, 1.82) is 0 Å². The van der Waals surface area contributed by atoms with Crippen LogP contribution in [-0.2, 0) is 4.74 Å². The molecule has 1 heterocycles. The Balaban J connectivity index is 2.16. The Morgan fingerprint density at radius 2 is 2.33 bits per heavy atom. The van der Waals surface area contributed by atoms with Crippen LogP contribution in [0.1, 0.15) is 18.6 Å². The molecule has 1 unspecified atom stereocenters. The van der Waals surface area contributed by atoms with Gasteiger partial charge in [0.15, 0.2) is 0 Å². The van der Waals surface area contributed by atoms with Gasteiger partial charge in [-0.25, -0.2) is 0 Å². The normalized spacial score (nSPS) is 22.0. The van der Waals surface area contributed by atoms with Gasteiger partial charge < -0.3 is 19.8 Å². The molecule has 4 nitrogen and oxygen atoms in total. The van der Waals surface area contributed by atoms with E-state index in [-0.39, 0.29) is 12.7 Å². The number of ether oxygens (including phenoxy) is 1. The average Bonchev–Trinajstić information content (AvgIpc) is 2.38. The molecule has 0 spiro atoms. The number of halogens is 1. The smallest absolute Gasteiger partial charge is 0.0980 e. The van der Waals surface area contributed by atoms with Crippen molar-refractivity contribution in [3.63, 3.8) is 0 Å². The summed E-state index contributed by atoms with van der Waals surface area (Å²) in [4.78, 5) is 2.18. The largest absolute Gasteiger partial charge is 0.394 e. The Labute approximate surface area is 115 Å². The third-order valence-electron chi connectivity index (χ3n) is 3.14. The van der Waals surface area contributed by atoms with E-state index >= 15 is 0 Å². The van der Waals surface area contributed by atoms with Crippen molar-refractivity contribution in [2.45, 2.75) is 19.1 Å². The number of hydrogen-bond donors (Lipinski definition) is 2. The van der Waals surface area contributed by atoms with E-state index in [0.29, 0.717) is 13.2 Å². The molecule has 0 bridgehead atoms. The number of rotatable bonds is 3. The molecule has 100 valence electrons. The van der Waals surface area contributed by atoms with E-state index in [1.165, 1.54) is 0 Å². The first-order valence-corrected chi connectivity index (χ1v) is 6.86. The van der Waals surface area contributed by atoms with Gasteiger partial charge in [0.05, 0.1) is 25.4 Å². The third-order valence-corrected chi connectivity index (χ3v) is 3.83. The number of hydrogen-bond acceptors (Lipinski definition) is 4. The molecule has 1 aromatic rings. The molecule has 18 heavy (non-hydrogen) atoms. The van der Waals surface area contributed by atoms with Gasteiger partial charge in [-0.05, 0) is 24.6 Å². The van der Waals surface area contributed by atoms with Crippen LogP contribution in [0, 0.1) is 0 Å². The van der Waals surface area contributed by atoms with Crippen LogP contribution in [0.25, 0.3) is 0 Å². The molecule has 1 saturated heterocycles. The van der Waals surface area contributed by atoms with Crippen molar-refractivity contribution < 1.29 is 14.9 Å². The minimum absolute atomic E-state index is 0.0451. The molecule has 1 fully saturated rings. The van der Waals surface area contributed by atoms with Crippen molar-refractivity contribution in [3.8, 4) is 0 Å². The number of aliphatic hydroxyl groups is 2. The fourth-order valence-corrected chi connectivity index (χ4v) is 2.81. The summed E-state index contributed by atoms with van der Waals surface area (Å²) in [5.74, 6) is 0. The van der Waals surface area contributed by atoms with E-state index in [0.717, 1.165) is 22.3 Å². The summed E-state index contributed by atoms with van der Waals surface area (Å²) < 4.78 is 6.33. The van der Waals surface area contributed by atoms with Gasteiger partial charge in [-0.1, -0.05) is 22.0 Å². The van der Waals surface area contributed by atoms with Gasteiger partial charge in [0.25, 0.3) is 0 Å². The second-order valence-corrected chi connectivity index (χ2v) is 5.36. The van der Waals surface area contributed by atoms with Crippen LogP contribution >= 0.6 is 15.9 Å². The molecular formula is C13H18BrNO3. The van der Waals surface area contributed by atoms with Crippen molar-refractivity contribution in [2.75, 3.05) is 31.2 Å². The highest BCUT2D eigenvalue weighted by Crippen LogP contribution is 2.29. The SMILES string of the molecule is C[C@H](O)c1ccc(N2CCOC(CO)C2)cc1Br. The molecule has 0 amide bonds. The summed E-state index contributed by atoms with van der Waals surface area (Å²) in [5, 5.41) is 18.7. The third kappa shape index (κ3) is 3.03. The maximum absolute atomic E-state index is 9.59. The molecule has 0 aromatic heterocycles. The molecule has 1 aliphatic rings. The molecule has 0 radical (unpaired) electrons. The molecule has 1 aromatic carbocycles. The van der Waals surface area contributed by atoms with Gasteiger partial charge in [0.2, 0.25) is 0 Å². The molecule has 5 heteroatoms. The number of anilines is 1. The summed E-state index contributed by atoms with van der Waals surface area (Å²) in [5.41, 5.74) is 1.96. The maximum atomic E-state index is 9.59. The van der Waals surface area contributed by atoms with Crippen LogP contribution in [-0.4, -0.2) is 42.6 Å². The highest BCUT2D eigenvalue weighted by Gasteiger charge is 2.20. The van der Waals surface area contributed by atoms with Gasteiger partial charge in [-0.2, -0.15) is 0 Å². The van der Waals surface area contributed by atoms with E-state index in [1.807, 2.05) is 18.2 Å². The first-order valence-electron chi connectivity index (χ1n) is 6.06. The average molecular weight is 316 g/mol. The van der Waals surface area contributed by atoms with E-state index < -0.39 is 6.10 Å². The minimum atomic E-state index is -0.483. The zero-order valence-corrected chi connectivity index (χ0v) is 11.9. The monoisotopic (exact) mass is 315 g/mol. The lowest BCUT2D eigenvalue weighted by molar-refractivity contribution is 0.00356. The Morgan fingerprint density at radius 3 is 2.94 bits per heavy atom. The fourth-order valence-electron chi connectivity index (χ4n) is 2.12. The van der Waals surface area contributed by atoms with E-state index in [2.05, 4.69) is 20.8 Å². The van der Waals surface area contributed by atoms with Gasteiger partial charge in [0, 0.05) is 23.2 Å². The highest BCUT2D eigenvalue weighted by molar-refractivity contribution is 9.10. The topological polar surface area (TPSA) is 52.9 Å². The number of nitrogens with zero attached hydrogens (tertiary/aromatic N) is 1. The van der Waals surface area contributed by atoms with E-state index in [9.17, 15) is 5.11 Å². The number of morpholine rings is 1. The van der Waals surface area contributed by atoms with Crippen LogP contribution in [0.3, 0.4) is 0 Å². The van der Waals surface area contributed by atoms with Crippen LogP contribution in [0.4, 0.5) is 5.69 Å². The zero-order chi connectivity index (χ0) is 13.1. The lowest BCUT2D eigenvalue weighted by Crippen LogP contribution is -2.44. The summed E-state index contributed by atoms with van der Waals surface area (Å²) in [6.07, 6.45) is -0.600. The predicted octanol–water partition coefficient (Wildman–Crippen LogP) is 1.70. The van der Waals surface area contributed by atoms with Crippen LogP contribution in [0.2, 0.25) is 0 Å². The Bertz CT molecular complexity index is 411. The first kappa shape index (κ1) is 13.8. The summed E-state index contributed by atoms with van der Waals surface area (Å²) in [6.45, 7) is 3.93. The lowest BCUT2D eigenvalue weighted by Gasteiger charge is -2.34. The molecule has 0 saturated carbocycles. The van der Waals surface area contributed by atoms with Crippen molar-refractivity contribution in [1.82, 2.24) is 0 Å². The predicted molar refractivity (Wildman–Crippen MR) is 73.8 cm³/mol. The molecule has 0 aliphatic carbocycles. The second-order valence-electron chi connectivity index (χ2n) is 4.50. The highest BCUT2D eigenvalue weighted by atomic mass is 79.9. The zero-order valence-electron chi connectivity index (χ0n) is 10.3. The minimum Gasteiger partial charge on any atom is -0.394 e. The molecule has 1 aliphatic heterocycles. The van der Waals surface area contributed by atoms with Gasteiger partial charge in [-0.15, -0.1) is 0 Å². The standard InChI is InChI=1S/C13H18BrNO3/c1-9(17)12-3-2-10(6-13(12)14)15-4-5-18-11(7-15)8-16/h2-3,6,9,11,16-17H,4-5,7-8H2,1H3/t9-,11?/m0/s1. The van der Waals surface area contributed by atoms with Crippen LogP contribution < -0.4 is 4.90 Å². The second kappa shape index (κ2) is 6.02. The Morgan fingerprint density at radius 1 is 1.56 bits per heavy atom. The van der Waals surface area contributed by atoms with Gasteiger partial charge in [0.1, 0.15) is 0 Å². The van der Waals surface area contributed by atoms with Gasteiger partial charge >= 0.3 is 0 Å². The Hall–Kier alpha value is -0.620. The maximum Gasteiger partial charge on any atom is 0.0980 e. The fraction of sp³-hybridized carbons (Fsp3) is 0.538. The van der Waals surface area contributed by atoms with Crippen molar-refractivity contribution in [2.24, 2.45) is 0 Å². The summed E-state index contributed by atoms with van der Waals surface area (Å²) in [7, 11) is 0. The van der Waals surface area contributed by atoms with Crippen molar-refractivity contribution in [3.05, 3.63) is 28.2 Å². The molecule has 2 rings (SSSR count). The quantitative estimate of drug-likeness (QED) is 0.891. The first-order chi connectivity index (χ1) is 8.61. The van der Waals surface area contributed by atoms with Crippen molar-refractivity contribution >= 4 is 21.6 Å². The molecule has 2 N–H and O–H groups in total. The molecular weight excluding hydrogens is 298 g/mol. The Kier molecular flexibility index (Phi) is 4.61.